The molecule has 7 nitrogen and oxygen atoms in total. The molecule has 0 saturated heterocycles. The number of ketones is 1. The Bertz CT molecular complexity index is 1130. The summed E-state index contributed by atoms with van der Waals surface area (Å²) in [6.07, 6.45) is 0. The Kier molecular flexibility index (Phi) is 5.17. The van der Waals surface area contributed by atoms with Gasteiger partial charge < -0.3 is 11.1 Å². The summed E-state index contributed by atoms with van der Waals surface area (Å²) in [5.74, 6) is -0.605. The molecule has 3 rings (SSSR count). The fraction of sp³-hybridized carbons (Fsp3) is 0.190. The minimum absolute atomic E-state index is 0.133. The van der Waals surface area contributed by atoms with E-state index in [1.54, 1.807) is 6.92 Å². The molecule has 7 heteroatoms. The van der Waals surface area contributed by atoms with Gasteiger partial charge in [-0.2, -0.15) is 0 Å². The zero-order chi connectivity index (χ0) is 20.4. The second-order valence-electron chi connectivity index (χ2n) is 6.64. The Morgan fingerprint density at radius 2 is 1.50 bits per heavy atom. The molecule has 0 bridgehead atoms. The van der Waals surface area contributed by atoms with Gasteiger partial charge in [0.2, 0.25) is 0 Å². The number of nitrogens with zero attached hydrogens (tertiary/aromatic N) is 2. The van der Waals surface area contributed by atoms with Crippen LogP contribution >= 0.6 is 0 Å². The van der Waals surface area contributed by atoms with E-state index in [0.717, 1.165) is 25.9 Å². The molecule has 0 spiro atoms. The zero-order valence-corrected chi connectivity index (χ0v) is 16.0. The SMILES string of the molecule is C[C@H](Nc1ccc(-c2ccccc2)cc1)C(=O)c1c(N)n(C)c(=O)n(C)c1=O. The first-order valence-corrected chi connectivity index (χ1v) is 8.83. The monoisotopic (exact) mass is 378 g/mol. The van der Waals surface area contributed by atoms with Gasteiger partial charge in [0, 0.05) is 19.8 Å². The van der Waals surface area contributed by atoms with E-state index in [2.05, 4.69) is 5.32 Å². The summed E-state index contributed by atoms with van der Waals surface area (Å²) in [6.45, 7) is 1.65. The summed E-state index contributed by atoms with van der Waals surface area (Å²) in [5.41, 5.74) is 7.30. The molecule has 0 fully saturated rings. The minimum atomic E-state index is -0.699. The highest BCUT2D eigenvalue weighted by atomic mass is 16.2. The molecule has 0 aliphatic rings. The molecule has 1 atom stereocenters. The number of hydrogen-bond acceptors (Lipinski definition) is 5. The average Bonchev–Trinajstić information content (AvgIpc) is 2.72. The normalized spacial score (nSPS) is 11.8. The van der Waals surface area contributed by atoms with Crippen LogP contribution in [0.1, 0.15) is 17.3 Å². The molecule has 2 aromatic carbocycles. The zero-order valence-electron chi connectivity index (χ0n) is 16.0. The average molecular weight is 378 g/mol. The van der Waals surface area contributed by atoms with Gasteiger partial charge in [-0.25, -0.2) is 4.79 Å². The Morgan fingerprint density at radius 3 is 2.11 bits per heavy atom. The number of carbonyl (C=O) groups excluding carboxylic acids is 1. The third-order valence-electron chi connectivity index (χ3n) is 4.72. The van der Waals surface area contributed by atoms with Crippen molar-refractivity contribution in [3.05, 3.63) is 81.0 Å². The van der Waals surface area contributed by atoms with E-state index >= 15 is 0 Å². The highest BCUT2D eigenvalue weighted by Crippen LogP contribution is 2.21. The van der Waals surface area contributed by atoms with Crippen molar-refractivity contribution in [1.29, 1.82) is 0 Å². The highest BCUT2D eigenvalue weighted by molar-refractivity contribution is 6.04. The number of benzene rings is 2. The van der Waals surface area contributed by atoms with Crippen LogP contribution in [-0.4, -0.2) is 21.0 Å². The number of aromatic nitrogens is 2. The molecular formula is C21H22N4O3. The van der Waals surface area contributed by atoms with Gasteiger partial charge in [-0.1, -0.05) is 42.5 Å². The summed E-state index contributed by atoms with van der Waals surface area (Å²) in [4.78, 5) is 37.1. The fourth-order valence-electron chi connectivity index (χ4n) is 3.01. The smallest absolute Gasteiger partial charge is 0.332 e. The molecule has 28 heavy (non-hydrogen) atoms. The van der Waals surface area contributed by atoms with Gasteiger partial charge in [0.25, 0.3) is 5.56 Å². The predicted molar refractivity (Wildman–Crippen MR) is 111 cm³/mol. The molecule has 3 N–H and O–H groups in total. The van der Waals surface area contributed by atoms with Gasteiger partial charge in [-0.05, 0) is 30.2 Å². The van der Waals surface area contributed by atoms with Crippen LogP contribution in [0.2, 0.25) is 0 Å². The number of nitrogens with one attached hydrogen (secondary N) is 1. The van der Waals surface area contributed by atoms with Crippen molar-refractivity contribution in [3.8, 4) is 11.1 Å². The Labute approximate surface area is 162 Å². The van der Waals surface area contributed by atoms with Crippen LogP contribution in [0.15, 0.2) is 64.2 Å². The van der Waals surface area contributed by atoms with E-state index in [1.807, 2.05) is 54.6 Å². The molecule has 1 aromatic heterocycles. The van der Waals surface area contributed by atoms with E-state index in [1.165, 1.54) is 14.1 Å². The largest absolute Gasteiger partial charge is 0.384 e. The maximum Gasteiger partial charge on any atom is 0.332 e. The molecule has 0 aliphatic carbocycles. The lowest BCUT2D eigenvalue weighted by Crippen LogP contribution is -2.43. The number of nitrogens with two attached hydrogens (primary N) is 1. The van der Waals surface area contributed by atoms with Gasteiger partial charge in [-0.15, -0.1) is 0 Å². The molecular weight excluding hydrogens is 356 g/mol. The lowest BCUT2D eigenvalue weighted by molar-refractivity contribution is 0.0973. The third-order valence-corrected chi connectivity index (χ3v) is 4.72. The number of Topliss-reactive ketones (excluding diaryl/α,β-unsaturated/α-hetero) is 1. The van der Waals surface area contributed by atoms with Gasteiger partial charge in [0.1, 0.15) is 11.4 Å². The molecule has 0 radical (unpaired) electrons. The molecule has 0 aliphatic heterocycles. The summed E-state index contributed by atoms with van der Waals surface area (Å²) in [7, 11) is 2.75. The summed E-state index contributed by atoms with van der Waals surface area (Å²) in [6, 6.07) is 16.9. The number of rotatable bonds is 5. The molecule has 0 amide bonds. The van der Waals surface area contributed by atoms with Crippen molar-refractivity contribution in [2.75, 3.05) is 11.1 Å². The summed E-state index contributed by atoms with van der Waals surface area (Å²) in [5, 5.41) is 3.09. The second-order valence-corrected chi connectivity index (χ2v) is 6.64. The highest BCUT2D eigenvalue weighted by Gasteiger charge is 2.24. The summed E-state index contributed by atoms with van der Waals surface area (Å²) >= 11 is 0. The Morgan fingerprint density at radius 1 is 0.929 bits per heavy atom. The molecule has 3 aromatic rings. The van der Waals surface area contributed by atoms with E-state index in [4.69, 9.17) is 5.73 Å². The third kappa shape index (κ3) is 3.46. The molecule has 1 heterocycles. The lowest BCUT2D eigenvalue weighted by atomic mass is 10.0. The van der Waals surface area contributed by atoms with Gasteiger partial charge in [0.15, 0.2) is 5.78 Å². The van der Waals surface area contributed by atoms with Crippen LogP contribution in [0.5, 0.6) is 0 Å². The van der Waals surface area contributed by atoms with E-state index in [-0.39, 0.29) is 11.4 Å². The Hall–Kier alpha value is -3.61. The number of hydrogen-bond donors (Lipinski definition) is 2. The van der Waals surface area contributed by atoms with Crippen molar-refractivity contribution in [2.24, 2.45) is 14.1 Å². The number of anilines is 2. The van der Waals surface area contributed by atoms with Crippen molar-refractivity contribution in [2.45, 2.75) is 13.0 Å². The second kappa shape index (κ2) is 7.56. The minimum Gasteiger partial charge on any atom is -0.384 e. The van der Waals surface area contributed by atoms with Crippen LogP contribution < -0.4 is 22.3 Å². The summed E-state index contributed by atoms with van der Waals surface area (Å²) < 4.78 is 1.97. The maximum atomic E-state index is 12.8. The topological polar surface area (TPSA) is 99.1 Å². The van der Waals surface area contributed by atoms with Crippen molar-refractivity contribution in [1.82, 2.24) is 9.13 Å². The first kappa shape index (κ1) is 19.2. The Balaban J connectivity index is 1.84. The van der Waals surface area contributed by atoms with Crippen LogP contribution in [0.4, 0.5) is 11.5 Å². The predicted octanol–water partition coefficient (Wildman–Crippen LogP) is 2.02. The van der Waals surface area contributed by atoms with E-state index in [0.29, 0.717) is 0 Å². The van der Waals surface area contributed by atoms with Crippen molar-refractivity contribution in [3.63, 3.8) is 0 Å². The van der Waals surface area contributed by atoms with Gasteiger partial charge in [-0.3, -0.25) is 18.7 Å². The fourth-order valence-corrected chi connectivity index (χ4v) is 3.01. The van der Waals surface area contributed by atoms with Gasteiger partial charge >= 0.3 is 5.69 Å². The van der Waals surface area contributed by atoms with Crippen LogP contribution in [0.25, 0.3) is 11.1 Å². The van der Waals surface area contributed by atoms with Gasteiger partial charge in [0.05, 0.1) is 6.04 Å². The van der Waals surface area contributed by atoms with Crippen LogP contribution in [-0.2, 0) is 14.1 Å². The van der Waals surface area contributed by atoms with Crippen molar-refractivity contribution >= 4 is 17.3 Å². The first-order valence-electron chi connectivity index (χ1n) is 8.83. The van der Waals surface area contributed by atoms with Crippen molar-refractivity contribution < 1.29 is 4.79 Å². The number of nitrogen functional groups attached to an aromatic ring is 1. The maximum absolute atomic E-state index is 12.8. The number of carbonyl (C=O) groups is 1. The molecule has 0 saturated carbocycles. The van der Waals surface area contributed by atoms with E-state index < -0.39 is 23.1 Å². The molecule has 144 valence electrons. The van der Waals surface area contributed by atoms with E-state index in [9.17, 15) is 14.4 Å². The standard InChI is InChI=1S/C21H22N4O3/c1-13(18(26)17-19(22)24(2)21(28)25(3)20(17)27)23-16-11-9-15(10-12-16)14-7-5-4-6-8-14/h4-13,23H,22H2,1-3H3/t13-/m0/s1. The lowest BCUT2D eigenvalue weighted by Gasteiger charge is -2.17. The first-order chi connectivity index (χ1) is 13.3. The molecule has 0 unspecified atom stereocenters. The van der Waals surface area contributed by atoms with Crippen LogP contribution in [0.3, 0.4) is 0 Å². The van der Waals surface area contributed by atoms with Crippen LogP contribution in [0, 0.1) is 0 Å². The quantitative estimate of drug-likeness (QED) is 0.662.